The lowest BCUT2D eigenvalue weighted by Gasteiger charge is -2.22. The number of amides is 1. The smallest absolute Gasteiger partial charge is 0.305 e. The molecule has 0 fully saturated rings. The van der Waals surface area contributed by atoms with Gasteiger partial charge in [-0.15, -0.1) is 0 Å². The largest absolute Gasteiger partial charge is 0.466 e. The molecule has 0 saturated heterocycles. The molecule has 6 heteroatoms. The molecule has 0 rings (SSSR count). The Morgan fingerprint density at radius 3 is 1.28 bits per heavy atom. The summed E-state index contributed by atoms with van der Waals surface area (Å²) in [6.45, 7) is 4.87. The second kappa shape index (κ2) is 47.3. The molecule has 57 heavy (non-hydrogen) atoms. The van der Waals surface area contributed by atoms with E-state index in [1.807, 2.05) is 0 Å². The Kier molecular flexibility index (Phi) is 46.1. The van der Waals surface area contributed by atoms with E-state index in [0.29, 0.717) is 25.9 Å². The van der Waals surface area contributed by atoms with E-state index in [9.17, 15) is 19.8 Å². The molecule has 0 aliphatic rings. The minimum atomic E-state index is -0.693. The Balaban J connectivity index is 3.52. The summed E-state index contributed by atoms with van der Waals surface area (Å²) in [5.41, 5.74) is 0. The lowest BCUT2D eigenvalue weighted by Crippen LogP contribution is -2.45. The Labute approximate surface area is 355 Å². The molecular weight excluding hydrogens is 707 g/mol. The highest BCUT2D eigenvalue weighted by Gasteiger charge is 2.20. The van der Waals surface area contributed by atoms with Gasteiger partial charge in [-0.1, -0.05) is 231 Å². The average molecular weight is 806 g/mol. The quantitative estimate of drug-likeness (QED) is 0.0323. The Morgan fingerprint density at radius 1 is 0.474 bits per heavy atom. The molecule has 0 aliphatic heterocycles. The van der Waals surface area contributed by atoms with Gasteiger partial charge >= 0.3 is 5.97 Å². The lowest BCUT2D eigenvalue weighted by molar-refractivity contribution is -0.143. The van der Waals surface area contributed by atoms with Crippen LogP contribution in [0.5, 0.6) is 0 Å². The van der Waals surface area contributed by atoms with Crippen molar-refractivity contribution in [3.63, 3.8) is 0 Å². The van der Waals surface area contributed by atoms with E-state index in [2.05, 4.69) is 31.3 Å². The summed E-state index contributed by atoms with van der Waals surface area (Å²) in [7, 11) is 0. The molecule has 0 radical (unpaired) electrons. The monoisotopic (exact) mass is 806 g/mol. The Hall–Kier alpha value is -1.40. The molecule has 0 spiro atoms. The van der Waals surface area contributed by atoms with E-state index in [4.69, 9.17) is 4.74 Å². The number of unbranched alkanes of at least 4 members (excludes halogenated alkanes) is 34. The van der Waals surface area contributed by atoms with Gasteiger partial charge in [0.15, 0.2) is 0 Å². The first-order valence-corrected chi connectivity index (χ1v) is 25.4. The first-order valence-electron chi connectivity index (χ1n) is 25.4. The van der Waals surface area contributed by atoms with Gasteiger partial charge in [0, 0.05) is 12.8 Å². The van der Waals surface area contributed by atoms with Crippen molar-refractivity contribution < 1.29 is 24.5 Å². The number of rotatable bonds is 47. The van der Waals surface area contributed by atoms with Crippen LogP contribution in [-0.2, 0) is 14.3 Å². The van der Waals surface area contributed by atoms with Gasteiger partial charge in [-0.05, 0) is 44.9 Å². The number of aliphatic hydroxyl groups excluding tert-OH is 2. The highest BCUT2D eigenvalue weighted by molar-refractivity contribution is 5.76. The van der Waals surface area contributed by atoms with E-state index in [0.717, 1.165) is 70.6 Å². The fraction of sp³-hybridized carbons (Fsp3) is 0.922. The number of nitrogens with one attached hydrogen (secondary N) is 1. The molecule has 1 amide bonds. The van der Waals surface area contributed by atoms with E-state index >= 15 is 0 Å². The summed E-state index contributed by atoms with van der Waals surface area (Å²) >= 11 is 0. The van der Waals surface area contributed by atoms with E-state index in [1.165, 1.54) is 173 Å². The van der Waals surface area contributed by atoms with Crippen molar-refractivity contribution in [2.75, 3.05) is 13.2 Å². The topological polar surface area (TPSA) is 95.9 Å². The number of ether oxygens (including phenoxy) is 1. The van der Waals surface area contributed by atoms with Crippen molar-refractivity contribution in [2.45, 2.75) is 289 Å². The van der Waals surface area contributed by atoms with Crippen molar-refractivity contribution in [3.05, 3.63) is 12.2 Å². The molecule has 2 unspecified atom stereocenters. The third-order valence-corrected chi connectivity index (χ3v) is 11.8. The zero-order valence-electron chi connectivity index (χ0n) is 38.3. The van der Waals surface area contributed by atoms with Crippen LogP contribution in [0.1, 0.15) is 277 Å². The standard InChI is InChI=1S/C51H99NO5/c1-3-5-7-9-11-13-15-17-19-21-23-25-29-33-37-41-45-51(56)57-46-42-38-34-30-26-28-32-36-40-44-50(55)52-48(47-53)49(54)43-39-35-31-27-24-22-20-18-16-14-12-10-8-6-4-2/h28,32,48-49,53-54H,3-27,29-31,33-47H2,1-2H3,(H,52,55)/b32-28-. The summed E-state index contributed by atoms with van der Waals surface area (Å²) in [5.74, 6) is -0.126. The number of carbonyl (C=O) groups is 2. The third kappa shape index (κ3) is 44.0. The van der Waals surface area contributed by atoms with Crippen LogP contribution >= 0.6 is 0 Å². The van der Waals surface area contributed by atoms with Crippen LogP contribution in [0.3, 0.4) is 0 Å². The number of hydrogen-bond acceptors (Lipinski definition) is 5. The fourth-order valence-electron chi connectivity index (χ4n) is 7.88. The highest BCUT2D eigenvalue weighted by Crippen LogP contribution is 2.16. The first-order chi connectivity index (χ1) is 28.0. The molecule has 0 heterocycles. The van der Waals surface area contributed by atoms with E-state index < -0.39 is 12.1 Å². The Morgan fingerprint density at radius 2 is 0.842 bits per heavy atom. The van der Waals surface area contributed by atoms with Gasteiger partial charge in [0.25, 0.3) is 0 Å². The number of carbonyl (C=O) groups excluding carboxylic acids is 2. The molecule has 2 atom stereocenters. The molecule has 338 valence electrons. The minimum absolute atomic E-state index is 0.0320. The van der Waals surface area contributed by atoms with Crippen LogP contribution in [0.15, 0.2) is 12.2 Å². The van der Waals surface area contributed by atoms with E-state index in [-0.39, 0.29) is 18.5 Å². The highest BCUT2D eigenvalue weighted by atomic mass is 16.5. The summed E-state index contributed by atoms with van der Waals surface area (Å²) in [6, 6.07) is -0.577. The number of hydrogen-bond donors (Lipinski definition) is 3. The molecule has 0 aromatic rings. The van der Waals surface area contributed by atoms with Gasteiger partial charge in [-0.2, -0.15) is 0 Å². The lowest BCUT2D eigenvalue weighted by atomic mass is 10.0. The second-order valence-corrected chi connectivity index (χ2v) is 17.5. The Bertz CT molecular complexity index is 847. The molecule has 0 aliphatic carbocycles. The minimum Gasteiger partial charge on any atom is -0.466 e. The summed E-state index contributed by atoms with van der Waals surface area (Å²) in [4.78, 5) is 24.5. The molecule has 0 aromatic heterocycles. The average Bonchev–Trinajstić information content (AvgIpc) is 3.21. The van der Waals surface area contributed by atoms with Gasteiger partial charge in [0.1, 0.15) is 0 Å². The predicted molar refractivity (Wildman–Crippen MR) is 246 cm³/mol. The van der Waals surface area contributed by atoms with Crippen LogP contribution in [0, 0.1) is 0 Å². The summed E-state index contributed by atoms with van der Waals surface area (Å²) < 4.78 is 5.44. The zero-order valence-corrected chi connectivity index (χ0v) is 38.3. The summed E-state index contributed by atoms with van der Waals surface area (Å²) in [6.07, 6.45) is 53.3. The van der Waals surface area contributed by atoms with Gasteiger partial charge in [-0.25, -0.2) is 0 Å². The van der Waals surface area contributed by atoms with Crippen molar-refractivity contribution in [1.29, 1.82) is 0 Å². The molecule has 0 saturated carbocycles. The molecule has 0 aromatic carbocycles. The van der Waals surface area contributed by atoms with Gasteiger partial charge in [0.2, 0.25) is 5.91 Å². The van der Waals surface area contributed by atoms with Crippen LogP contribution < -0.4 is 5.32 Å². The maximum absolute atomic E-state index is 12.4. The maximum Gasteiger partial charge on any atom is 0.305 e. The molecule has 3 N–H and O–H groups in total. The normalized spacial score (nSPS) is 12.7. The number of allylic oxidation sites excluding steroid dienone is 2. The molecule has 0 bridgehead atoms. The van der Waals surface area contributed by atoms with Crippen molar-refractivity contribution >= 4 is 11.9 Å². The third-order valence-electron chi connectivity index (χ3n) is 11.8. The van der Waals surface area contributed by atoms with Crippen molar-refractivity contribution in [1.82, 2.24) is 5.32 Å². The fourth-order valence-corrected chi connectivity index (χ4v) is 7.88. The van der Waals surface area contributed by atoms with Crippen molar-refractivity contribution in [2.24, 2.45) is 0 Å². The maximum atomic E-state index is 12.4. The van der Waals surface area contributed by atoms with Gasteiger partial charge in [-0.3, -0.25) is 9.59 Å². The number of esters is 1. The first kappa shape index (κ1) is 55.6. The predicted octanol–water partition coefficient (Wildman–Crippen LogP) is 15.0. The van der Waals surface area contributed by atoms with Crippen LogP contribution in [0.25, 0.3) is 0 Å². The van der Waals surface area contributed by atoms with Crippen LogP contribution in [0.2, 0.25) is 0 Å². The zero-order chi connectivity index (χ0) is 41.5. The van der Waals surface area contributed by atoms with Crippen molar-refractivity contribution in [3.8, 4) is 0 Å². The van der Waals surface area contributed by atoms with Crippen LogP contribution in [0.4, 0.5) is 0 Å². The van der Waals surface area contributed by atoms with E-state index in [1.54, 1.807) is 0 Å². The van der Waals surface area contributed by atoms with Crippen LogP contribution in [-0.4, -0.2) is 47.4 Å². The SMILES string of the molecule is CCCCCCCCCCCCCCCCCCC(=O)OCCCCCC/C=C\CCCC(=O)NC(CO)C(O)CCCCCCCCCCCCCCCCC. The van der Waals surface area contributed by atoms with Gasteiger partial charge < -0.3 is 20.3 Å². The molecule has 6 nitrogen and oxygen atoms in total. The second-order valence-electron chi connectivity index (χ2n) is 17.5. The molecular formula is C51H99NO5. The van der Waals surface area contributed by atoms with Gasteiger partial charge in [0.05, 0.1) is 25.4 Å². The summed E-state index contributed by atoms with van der Waals surface area (Å²) in [5, 5.41) is 23.2. The number of aliphatic hydroxyl groups is 2.